The second-order valence-corrected chi connectivity index (χ2v) is 4.44. The van der Waals surface area contributed by atoms with E-state index in [2.05, 4.69) is 42.8 Å². The van der Waals surface area contributed by atoms with E-state index >= 15 is 0 Å². The Morgan fingerprint density at radius 2 is 1.92 bits per heavy atom. The van der Waals surface area contributed by atoms with Gasteiger partial charge < -0.3 is 0 Å². The number of hydrogen-bond donors (Lipinski definition) is 1. The highest BCUT2D eigenvalue weighted by atomic mass is 32.2. The average Bonchev–Trinajstić information content (AvgIpc) is 2.05. The highest BCUT2D eigenvalue weighted by Crippen LogP contribution is 2.06. The van der Waals surface area contributed by atoms with Crippen LogP contribution >= 0.6 is 11.9 Å². The number of hydrogen-bond acceptors (Lipinski definition) is 2. The average molecular weight is 181 g/mol. The van der Waals surface area contributed by atoms with Crippen molar-refractivity contribution in [2.75, 3.05) is 0 Å². The van der Waals surface area contributed by atoms with E-state index in [1.54, 1.807) is 11.9 Å². The Kier molecular flexibility index (Phi) is 4.19. The lowest BCUT2D eigenvalue weighted by Gasteiger charge is -2.05. The number of nitrogens with one attached hydrogen (secondary N) is 1. The first-order valence-corrected chi connectivity index (χ1v) is 5.09. The summed E-state index contributed by atoms with van der Waals surface area (Å²) < 4.78 is 3.32. The molecule has 1 aromatic carbocycles. The third kappa shape index (κ3) is 3.79. The maximum Gasteiger partial charge on any atom is 0.0310 e. The third-order valence-electron chi connectivity index (χ3n) is 1.44. The molecule has 0 aliphatic rings. The Balaban J connectivity index is 2.25. The van der Waals surface area contributed by atoms with Crippen molar-refractivity contribution in [2.24, 2.45) is 0 Å². The summed E-state index contributed by atoms with van der Waals surface area (Å²) in [4.78, 5) is 0. The van der Waals surface area contributed by atoms with Crippen molar-refractivity contribution in [3.05, 3.63) is 35.9 Å². The van der Waals surface area contributed by atoms with E-state index in [9.17, 15) is 0 Å². The lowest BCUT2D eigenvalue weighted by atomic mass is 10.2. The van der Waals surface area contributed by atoms with Crippen LogP contribution in [0.2, 0.25) is 0 Å². The summed E-state index contributed by atoms with van der Waals surface area (Å²) in [5, 5.41) is 0.647. The van der Waals surface area contributed by atoms with Crippen LogP contribution < -0.4 is 4.72 Å². The summed E-state index contributed by atoms with van der Waals surface area (Å²) in [5.41, 5.74) is 1.34. The molecule has 0 radical (unpaired) electrons. The van der Waals surface area contributed by atoms with Crippen LogP contribution in [0.3, 0.4) is 0 Å². The quantitative estimate of drug-likeness (QED) is 0.717. The minimum Gasteiger partial charge on any atom is -0.259 e. The topological polar surface area (TPSA) is 12.0 Å². The van der Waals surface area contributed by atoms with Gasteiger partial charge in [0.2, 0.25) is 0 Å². The Morgan fingerprint density at radius 1 is 1.25 bits per heavy atom. The zero-order valence-electron chi connectivity index (χ0n) is 7.58. The van der Waals surface area contributed by atoms with E-state index in [1.165, 1.54) is 5.56 Å². The lowest BCUT2D eigenvalue weighted by molar-refractivity contribution is 0.958. The Hall–Kier alpha value is -0.470. The smallest absolute Gasteiger partial charge is 0.0310 e. The lowest BCUT2D eigenvalue weighted by Crippen LogP contribution is -2.06. The minimum absolute atomic E-state index is 0.647. The second kappa shape index (κ2) is 5.22. The van der Waals surface area contributed by atoms with E-state index in [-0.39, 0.29) is 0 Å². The van der Waals surface area contributed by atoms with Gasteiger partial charge in [-0.25, -0.2) is 0 Å². The molecule has 0 unspecified atom stereocenters. The van der Waals surface area contributed by atoms with E-state index in [0.29, 0.717) is 5.25 Å². The summed E-state index contributed by atoms with van der Waals surface area (Å²) in [6.07, 6.45) is 0. The van der Waals surface area contributed by atoms with Gasteiger partial charge in [-0.05, 0) is 5.56 Å². The van der Waals surface area contributed by atoms with E-state index in [4.69, 9.17) is 0 Å². The normalized spacial score (nSPS) is 10.6. The molecule has 1 nitrogen and oxygen atoms in total. The van der Waals surface area contributed by atoms with E-state index in [0.717, 1.165) is 6.54 Å². The molecule has 0 heterocycles. The molecule has 1 aromatic rings. The third-order valence-corrected chi connectivity index (χ3v) is 2.22. The van der Waals surface area contributed by atoms with Gasteiger partial charge >= 0.3 is 0 Å². The number of rotatable bonds is 4. The monoisotopic (exact) mass is 181 g/mol. The zero-order valence-corrected chi connectivity index (χ0v) is 8.40. The molecule has 12 heavy (non-hydrogen) atoms. The molecule has 2 heteroatoms. The second-order valence-electron chi connectivity index (χ2n) is 2.97. The van der Waals surface area contributed by atoms with Gasteiger partial charge in [-0.15, -0.1) is 0 Å². The first-order valence-electron chi connectivity index (χ1n) is 4.21. The summed E-state index contributed by atoms with van der Waals surface area (Å²) >= 11 is 1.78. The van der Waals surface area contributed by atoms with Gasteiger partial charge in [-0.2, -0.15) is 0 Å². The SMILES string of the molecule is CC(C)SNCc1ccccc1. The van der Waals surface area contributed by atoms with Crippen molar-refractivity contribution in [1.29, 1.82) is 0 Å². The predicted octanol–water partition coefficient (Wildman–Crippen LogP) is 2.83. The van der Waals surface area contributed by atoms with Gasteiger partial charge in [0.25, 0.3) is 0 Å². The molecule has 0 atom stereocenters. The minimum atomic E-state index is 0.647. The van der Waals surface area contributed by atoms with E-state index < -0.39 is 0 Å². The molecule has 1 N–H and O–H groups in total. The summed E-state index contributed by atoms with van der Waals surface area (Å²) in [6, 6.07) is 10.4. The van der Waals surface area contributed by atoms with Gasteiger partial charge in [-0.1, -0.05) is 56.1 Å². The van der Waals surface area contributed by atoms with Crippen LogP contribution in [0.25, 0.3) is 0 Å². The largest absolute Gasteiger partial charge is 0.259 e. The van der Waals surface area contributed by atoms with Crippen molar-refractivity contribution >= 4 is 11.9 Å². The Morgan fingerprint density at radius 3 is 2.50 bits per heavy atom. The van der Waals surface area contributed by atoms with Crippen LogP contribution in [0, 0.1) is 0 Å². The fourth-order valence-electron chi connectivity index (χ4n) is 0.888. The highest BCUT2D eigenvalue weighted by Gasteiger charge is 1.93. The first-order chi connectivity index (χ1) is 5.79. The van der Waals surface area contributed by atoms with Crippen molar-refractivity contribution in [2.45, 2.75) is 25.6 Å². The van der Waals surface area contributed by atoms with Gasteiger partial charge in [0.05, 0.1) is 0 Å². The molecule has 0 aliphatic carbocycles. The van der Waals surface area contributed by atoms with Crippen molar-refractivity contribution in [3.63, 3.8) is 0 Å². The maximum atomic E-state index is 3.32. The molecule has 0 saturated heterocycles. The molecule has 0 amide bonds. The Bertz CT molecular complexity index is 208. The summed E-state index contributed by atoms with van der Waals surface area (Å²) in [6.45, 7) is 5.31. The van der Waals surface area contributed by atoms with Crippen molar-refractivity contribution in [1.82, 2.24) is 4.72 Å². The van der Waals surface area contributed by atoms with Crippen LogP contribution in [0.1, 0.15) is 19.4 Å². The predicted molar refractivity (Wildman–Crippen MR) is 56.0 cm³/mol. The maximum absolute atomic E-state index is 3.32. The molecule has 66 valence electrons. The molecule has 0 bridgehead atoms. The van der Waals surface area contributed by atoms with Crippen LogP contribution in [0.15, 0.2) is 30.3 Å². The van der Waals surface area contributed by atoms with Gasteiger partial charge in [0.15, 0.2) is 0 Å². The van der Waals surface area contributed by atoms with Gasteiger partial charge in [0, 0.05) is 11.8 Å². The molecular formula is C10H15NS. The molecule has 0 saturated carbocycles. The molecular weight excluding hydrogens is 166 g/mol. The van der Waals surface area contributed by atoms with Crippen LogP contribution in [-0.2, 0) is 6.54 Å². The summed E-state index contributed by atoms with van der Waals surface area (Å²) in [5.74, 6) is 0. The fraction of sp³-hybridized carbons (Fsp3) is 0.400. The van der Waals surface area contributed by atoms with Crippen molar-refractivity contribution in [3.8, 4) is 0 Å². The van der Waals surface area contributed by atoms with Gasteiger partial charge in [-0.3, -0.25) is 4.72 Å². The van der Waals surface area contributed by atoms with Crippen LogP contribution in [-0.4, -0.2) is 5.25 Å². The number of benzene rings is 1. The van der Waals surface area contributed by atoms with Crippen LogP contribution in [0.5, 0.6) is 0 Å². The van der Waals surface area contributed by atoms with Gasteiger partial charge in [0.1, 0.15) is 0 Å². The fourth-order valence-corrected chi connectivity index (χ4v) is 1.47. The molecule has 0 aromatic heterocycles. The molecule has 0 spiro atoms. The van der Waals surface area contributed by atoms with Crippen LogP contribution in [0.4, 0.5) is 0 Å². The molecule has 1 rings (SSSR count). The standard InChI is InChI=1S/C10H15NS/c1-9(2)12-11-8-10-6-4-3-5-7-10/h3-7,9,11H,8H2,1-2H3. The Labute approximate surface area is 78.7 Å². The molecule has 0 fully saturated rings. The zero-order chi connectivity index (χ0) is 8.81. The van der Waals surface area contributed by atoms with E-state index in [1.807, 2.05) is 6.07 Å². The summed E-state index contributed by atoms with van der Waals surface area (Å²) in [7, 11) is 0. The van der Waals surface area contributed by atoms with Crippen molar-refractivity contribution < 1.29 is 0 Å². The highest BCUT2D eigenvalue weighted by molar-refractivity contribution is 7.97. The first kappa shape index (κ1) is 9.62. The molecule has 0 aliphatic heterocycles.